The second kappa shape index (κ2) is 6.67. The van der Waals surface area contributed by atoms with Crippen LogP contribution in [-0.4, -0.2) is 33.4 Å². The number of benzene rings is 1. The van der Waals surface area contributed by atoms with Crippen LogP contribution in [0.3, 0.4) is 0 Å². The summed E-state index contributed by atoms with van der Waals surface area (Å²) in [6.45, 7) is 1.70. The highest BCUT2D eigenvalue weighted by molar-refractivity contribution is 5.42. The smallest absolute Gasteiger partial charge is 0.128 e. The molecule has 3 atom stereocenters. The van der Waals surface area contributed by atoms with E-state index < -0.39 is 0 Å². The third kappa shape index (κ3) is 3.16. The lowest BCUT2D eigenvalue weighted by molar-refractivity contribution is 0.0388. The maximum Gasteiger partial charge on any atom is 0.128 e. The minimum absolute atomic E-state index is 0.0523. The van der Waals surface area contributed by atoms with Gasteiger partial charge in [0.1, 0.15) is 11.5 Å². The number of fused-ring (bicyclic) bond motifs is 1. The normalized spacial score (nSPS) is 29.3. The van der Waals surface area contributed by atoms with Crippen LogP contribution in [0.15, 0.2) is 18.2 Å². The molecular formula is C17H25NO3. The first-order valence-electron chi connectivity index (χ1n) is 7.88. The Morgan fingerprint density at radius 3 is 2.81 bits per heavy atom. The number of methoxy groups -OCH3 is 2. The lowest BCUT2D eigenvalue weighted by Crippen LogP contribution is -2.38. The van der Waals surface area contributed by atoms with E-state index in [4.69, 9.17) is 14.2 Å². The van der Waals surface area contributed by atoms with Crippen LogP contribution in [0.2, 0.25) is 0 Å². The van der Waals surface area contributed by atoms with Crippen molar-refractivity contribution in [3.8, 4) is 11.5 Å². The summed E-state index contributed by atoms with van der Waals surface area (Å²) in [6.07, 6.45) is 5.29. The topological polar surface area (TPSA) is 39.7 Å². The van der Waals surface area contributed by atoms with Crippen molar-refractivity contribution in [2.24, 2.45) is 5.92 Å². The molecule has 4 heteroatoms. The number of hydrogen-bond donors (Lipinski definition) is 1. The lowest BCUT2D eigenvalue weighted by Gasteiger charge is -2.29. The summed E-state index contributed by atoms with van der Waals surface area (Å²) in [4.78, 5) is 0. The molecule has 3 rings (SSSR count). The molecule has 116 valence electrons. The highest BCUT2D eigenvalue weighted by Crippen LogP contribution is 2.35. The third-order valence-corrected chi connectivity index (χ3v) is 4.77. The number of nitrogens with one attached hydrogen (secondary N) is 1. The van der Waals surface area contributed by atoms with Gasteiger partial charge in [0.25, 0.3) is 0 Å². The van der Waals surface area contributed by atoms with E-state index in [1.165, 1.54) is 25.7 Å². The predicted molar refractivity (Wildman–Crippen MR) is 82.0 cm³/mol. The van der Waals surface area contributed by atoms with Crippen LogP contribution in [0, 0.1) is 5.92 Å². The van der Waals surface area contributed by atoms with E-state index in [1.807, 2.05) is 12.1 Å². The van der Waals surface area contributed by atoms with Crippen molar-refractivity contribution in [1.29, 1.82) is 0 Å². The molecule has 4 nitrogen and oxygen atoms in total. The Kier molecular flexibility index (Phi) is 4.66. The summed E-state index contributed by atoms with van der Waals surface area (Å²) in [7, 11) is 3.37. The second-order valence-corrected chi connectivity index (χ2v) is 5.99. The predicted octanol–water partition coefficient (Wildman–Crippen LogP) is 2.92. The van der Waals surface area contributed by atoms with E-state index in [0.717, 1.165) is 30.2 Å². The first-order valence-corrected chi connectivity index (χ1v) is 7.88. The molecule has 0 spiro atoms. The van der Waals surface area contributed by atoms with E-state index in [2.05, 4.69) is 11.4 Å². The van der Waals surface area contributed by atoms with Crippen LogP contribution >= 0.6 is 0 Å². The summed E-state index contributed by atoms with van der Waals surface area (Å²) >= 11 is 0. The molecule has 1 heterocycles. The summed E-state index contributed by atoms with van der Waals surface area (Å²) in [6, 6.07) is 6.57. The molecule has 1 aliphatic carbocycles. The van der Waals surface area contributed by atoms with Gasteiger partial charge >= 0.3 is 0 Å². The fourth-order valence-corrected chi connectivity index (χ4v) is 3.52. The quantitative estimate of drug-likeness (QED) is 0.929. The summed E-state index contributed by atoms with van der Waals surface area (Å²) in [5.41, 5.74) is 1.10. The molecule has 1 saturated carbocycles. The molecule has 0 aromatic heterocycles. The van der Waals surface area contributed by atoms with Crippen molar-refractivity contribution in [2.75, 3.05) is 27.4 Å². The average Bonchev–Trinajstić information content (AvgIpc) is 2.77. The van der Waals surface area contributed by atoms with Gasteiger partial charge in [-0.15, -0.1) is 0 Å². The monoisotopic (exact) mass is 291 g/mol. The Morgan fingerprint density at radius 2 is 2.00 bits per heavy atom. The van der Waals surface area contributed by atoms with Crippen LogP contribution in [0.25, 0.3) is 0 Å². The number of rotatable bonds is 3. The summed E-state index contributed by atoms with van der Waals surface area (Å²) in [5.74, 6) is 2.31. The Balaban J connectivity index is 1.77. The Labute approximate surface area is 126 Å². The zero-order valence-electron chi connectivity index (χ0n) is 12.9. The number of hydrogen-bond acceptors (Lipinski definition) is 4. The number of ether oxygens (including phenoxy) is 3. The molecule has 2 fully saturated rings. The molecule has 1 N–H and O–H groups in total. The van der Waals surface area contributed by atoms with Crippen LogP contribution < -0.4 is 14.8 Å². The first kappa shape index (κ1) is 14.7. The molecule has 1 aliphatic heterocycles. The average molecular weight is 291 g/mol. The van der Waals surface area contributed by atoms with Crippen molar-refractivity contribution in [2.45, 2.75) is 37.8 Å². The Morgan fingerprint density at radius 1 is 1.14 bits per heavy atom. The molecule has 1 aromatic rings. The van der Waals surface area contributed by atoms with E-state index in [1.54, 1.807) is 14.2 Å². The summed E-state index contributed by atoms with van der Waals surface area (Å²) in [5, 5.41) is 3.70. The Bertz CT molecular complexity index is 461. The van der Waals surface area contributed by atoms with Crippen LogP contribution in [0.5, 0.6) is 11.5 Å². The van der Waals surface area contributed by atoms with Crippen molar-refractivity contribution >= 4 is 0 Å². The Hall–Kier alpha value is -1.26. The third-order valence-electron chi connectivity index (χ3n) is 4.77. The fourth-order valence-electron chi connectivity index (χ4n) is 3.52. The molecular weight excluding hydrogens is 266 g/mol. The lowest BCUT2D eigenvalue weighted by atomic mass is 9.85. The van der Waals surface area contributed by atoms with Gasteiger partial charge in [-0.3, -0.25) is 0 Å². The van der Waals surface area contributed by atoms with Crippen LogP contribution in [0.4, 0.5) is 0 Å². The highest BCUT2D eigenvalue weighted by Gasteiger charge is 2.31. The van der Waals surface area contributed by atoms with Crippen molar-refractivity contribution in [3.63, 3.8) is 0 Å². The maximum atomic E-state index is 6.19. The van der Waals surface area contributed by atoms with Crippen molar-refractivity contribution in [1.82, 2.24) is 5.32 Å². The van der Waals surface area contributed by atoms with Crippen molar-refractivity contribution < 1.29 is 14.2 Å². The molecule has 21 heavy (non-hydrogen) atoms. The van der Waals surface area contributed by atoms with E-state index >= 15 is 0 Å². The van der Waals surface area contributed by atoms with Crippen molar-refractivity contribution in [3.05, 3.63) is 23.8 Å². The standard InChI is InChI=1S/C17H25NO3/c1-19-13-7-8-14(16(9-13)20-2)17-10-18-15-6-4-3-5-12(15)11-21-17/h7-9,12,15,17-18H,3-6,10-11H2,1-2H3. The molecule has 2 aliphatic rings. The zero-order valence-corrected chi connectivity index (χ0v) is 12.9. The SMILES string of the molecule is COc1ccc(C2CNC3CCCCC3CO2)c(OC)c1. The minimum atomic E-state index is 0.0523. The van der Waals surface area contributed by atoms with Gasteiger partial charge in [-0.1, -0.05) is 12.8 Å². The van der Waals surface area contributed by atoms with E-state index in [9.17, 15) is 0 Å². The molecule has 0 amide bonds. The minimum Gasteiger partial charge on any atom is -0.497 e. The first-order chi connectivity index (χ1) is 10.3. The van der Waals surface area contributed by atoms with Gasteiger partial charge in [0, 0.05) is 24.2 Å². The molecule has 0 radical (unpaired) electrons. The molecule has 0 bridgehead atoms. The van der Waals surface area contributed by atoms with Gasteiger partial charge < -0.3 is 19.5 Å². The van der Waals surface area contributed by atoms with Crippen LogP contribution in [0.1, 0.15) is 37.4 Å². The maximum absolute atomic E-state index is 6.19. The van der Waals surface area contributed by atoms with Gasteiger partial charge in [-0.05, 0) is 30.9 Å². The van der Waals surface area contributed by atoms with Gasteiger partial charge in [-0.2, -0.15) is 0 Å². The van der Waals surface area contributed by atoms with E-state index in [0.29, 0.717) is 12.0 Å². The second-order valence-electron chi connectivity index (χ2n) is 5.99. The zero-order chi connectivity index (χ0) is 14.7. The molecule has 1 aromatic carbocycles. The molecule has 3 unspecified atom stereocenters. The van der Waals surface area contributed by atoms with Gasteiger partial charge in [-0.25, -0.2) is 0 Å². The molecule has 1 saturated heterocycles. The summed E-state index contributed by atoms with van der Waals surface area (Å²) < 4.78 is 17.0. The van der Waals surface area contributed by atoms with Gasteiger partial charge in [0.05, 0.1) is 26.9 Å². The van der Waals surface area contributed by atoms with Gasteiger partial charge in [0.2, 0.25) is 0 Å². The highest BCUT2D eigenvalue weighted by atomic mass is 16.5. The van der Waals surface area contributed by atoms with Crippen LogP contribution in [-0.2, 0) is 4.74 Å². The van der Waals surface area contributed by atoms with E-state index in [-0.39, 0.29) is 6.10 Å². The largest absolute Gasteiger partial charge is 0.497 e. The van der Waals surface area contributed by atoms with Gasteiger partial charge in [0.15, 0.2) is 0 Å². The fraction of sp³-hybridized carbons (Fsp3) is 0.647.